The number of aliphatic hydroxyl groups is 1. The quantitative estimate of drug-likeness (QED) is 0.481. The average molecular weight is 140 g/mol. The van der Waals surface area contributed by atoms with Gasteiger partial charge in [0.2, 0.25) is 0 Å². The molecule has 0 aliphatic rings. The van der Waals surface area contributed by atoms with E-state index in [2.05, 4.69) is 13.2 Å². The molecule has 0 amide bonds. The number of hydrogen-bond acceptors (Lipinski definition) is 2. The van der Waals surface area contributed by atoms with E-state index in [4.69, 9.17) is 9.84 Å². The first kappa shape index (κ1) is 8.82. The van der Waals surface area contributed by atoms with Gasteiger partial charge in [-0.3, -0.25) is 0 Å². The normalized spacial score (nSPS) is 10.8. The van der Waals surface area contributed by atoms with Gasteiger partial charge >= 0.3 is 0 Å². The van der Waals surface area contributed by atoms with Crippen LogP contribution in [0, 0.1) is 0 Å². The van der Waals surface area contributed by atoms with E-state index in [1.165, 1.54) is 7.11 Å². The molecule has 0 bridgehead atoms. The standard InChI is InChI=1S/C8H12O2/c1-6(8(3)9)5-7(2)10-4/h5,9H,2-3H2,1,4H3/b6-5-. The molecule has 0 aliphatic heterocycles. The second kappa shape index (κ2) is 3.77. The van der Waals surface area contributed by atoms with E-state index >= 15 is 0 Å². The second-order valence-corrected chi connectivity index (χ2v) is 1.94. The van der Waals surface area contributed by atoms with Gasteiger partial charge in [-0.15, -0.1) is 0 Å². The molecule has 0 atom stereocenters. The first-order valence-corrected chi connectivity index (χ1v) is 2.87. The zero-order chi connectivity index (χ0) is 8.15. The maximum absolute atomic E-state index is 8.81. The lowest BCUT2D eigenvalue weighted by Gasteiger charge is -1.99. The Bertz CT molecular complexity index is 178. The van der Waals surface area contributed by atoms with Gasteiger partial charge in [0, 0.05) is 0 Å². The van der Waals surface area contributed by atoms with Crippen LogP contribution in [0.1, 0.15) is 6.92 Å². The summed E-state index contributed by atoms with van der Waals surface area (Å²) in [6.45, 7) is 8.61. The van der Waals surface area contributed by atoms with Gasteiger partial charge in [-0.25, -0.2) is 0 Å². The van der Waals surface area contributed by atoms with E-state index in [0.29, 0.717) is 11.3 Å². The van der Waals surface area contributed by atoms with Crippen LogP contribution in [-0.2, 0) is 4.74 Å². The van der Waals surface area contributed by atoms with Crippen LogP contribution in [0.15, 0.2) is 36.3 Å². The highest BCUT2D eigenvalue weighted by Crippen LogP contribution is 2.05. The smallest absolute Gasteiger partial charge is 0.112 e. The third-order valence-electron chi connectivity index (χ3n) is 1.09. The van der Waals surface area contributed by atoms with Gasteiger partial charge in [-0.05, 0) is 18.6 Å². The number of aliphatic hydroxyl groups excluding tert-OH is 1. The van der Waals surface area contributed by atoms with E-state index < -0.39 is 0 Å². The summed E-state index contributed by atoms with van der Waals surface area (Å²) in [6.07, 6.45) is 1.61. The molecule has 0 aromatic heterocycles. The van der Waals surface area contributed by atoms with Crippen LogP contribution in [0.3, 0.4) is 0 Å². The van der Waals surface area contributed by atoms with Crippen molar-refractivity contribution in [2.24, 2.45) is 0 Å². The molecule has 0 spiro atoms. The van der Waals surface area contributed by atoms with Crippen molar-refractivity contribution in [1.82, 2.24) is 0 Å². The molecule has 2 heteroatoms. The van der Waals surface area contributed by atoms with Crippen LogP contribution >= 0.6 is 0 Å². The van der Waals surface area contributed by atoms with Crippen molar-refractivity contribution in [3.05, 3.63) is 36.3 Å². The van der Waals surface area contributed by atoms with Crippen molar-refractivity contribution in [3.63, 3.8) is 0 Å². The summed E-state index contributed by atoms with van der Waals surface area (Å²) in [4.78, 5) is 0. The van der Waals surface area contributed by atoms with Crippen LogP contribution in [0.25, 0.3) is 0 Å². The van der Waals surface area contributed by atoms with Crippen molar-refractivity contribution in [2.45, 2.75) is 6.92 Å². The highest BCUT2D eigenvalue weighted by atomic mass is 16.5. The summed E-state index contributed by atoms with van der Waals surface area (Å²) < 4.78 is 4.75. The number of methoxy groups -OCH3 is 1. The van der Waals surface area contributed by atoms with Crippen molar-refractivity contribution in [2.75, 3.05) is 7.11 Å². The van der Waals surface area contributed by atoms with Crippen molar-refractivity contribution >= 4 is 0 Å². The Balaban J connectivity index is 4.16. The molecule has 0 radical (unpaired) electrons. The van der Waals surface area contributed by atoms with Crippen LogP contribution < -0.4 is 0 Å². The van der Waals surface area contributed by atoms with Crippen LogP contribution in [-0.4, -0.2) is 12.2 Å². The first-order valence-electron chi connectivity index (χ1n) is 2.87. The molecule has 0 saturated heterocycles. The lowest BCUT2D eigenvalue weighted by atomic mass is 10.2. The Kier molecular flexibility index (Phi) is 3.33. The lowest BCUT2D eigenvalue weighted by Crippen LogP contribution is -1.84. The Labute approximate surface area is 61.1 Å². The van der Waals surface area contributed by atoms with Crippen molar-refractivity contribution in [3.8, 4) is 0 Å². The molecular weight excluding hydrogens is 128 g/mol. The number of allylic oxidation sites excluding steroid dienone is 2. The minimum Gasteiger partial charge on any atom is -0.508 e. The zero-order valence-electron chi connectivity index (χ0n) is 6.35. The van der Waals surface area contributed by atoms with E-state index in [-0.39, 0.29) is 5.76 Å². The van der Waals surface area contributed by atoms with Gasteiger partial charge in [0.1, 0.15) is 11.5 Å². The monoisotopic (exact) mass is 140 g/mol. The molecule has 0 unspecified atom stereocenters. The largest absolute Gasteiger partial charge is 0.508 e. The zero-order valence-corrected chi connectivity index (χ0v) is 6.35. The highest BCUT2D eigenvalue weighted by molar-refractivity contribution is 5.26. The lowest BCUT2D eigenvalue weighted by molar-refractivity contribution is 0.307. The summed E-state index contributed by atoms with van der Waals surface area (Å²) in [6, 6.07) is 0. The predicted molar refractivity (Wildman–Crippen MR) is 41.7 cm³/mol. The average Bonchev–Trinajstić information content (AvgIpc) is 1.87. The number of rotatable bonds is 3. The third kappa shape index (κ3) is 2.97. The summed E-state index contributed by atoms with van der Waals surface area (Å²) in [7, 11) is 1.52. The minimum atomic E-state index is 0.0400. The Morgan fingerprint density at radius 2 is 2.00 bits per heavy atom. The van der Waals surface area contributed by atoms with Crippen LogP contribution in [0.2, 0.25) is 0 Å². The fourth-order valence-electron chi connectivity index (χ4n) is 0.384. The summed E-state index contributed by atoms with van der Waals surface area (Å²) in [5, 5.41) is 8.81. The molecule has 10 heavy (non-hydrogen) atoms. The Hall–Kier alpha value is -1.18. The molecule has 0 aliphatic carbocycles. The number of hydrogen-bond donors (Lipinski definition) is 1. The SMILES string of the molecule is C=C(/C=C(/C)C(=C)O)OC. The Morgan fingerprint density at radius 1 is 1.50 bits per heavy atom. The maximum atomic E-state index is 8.81. The summed E-state index contributed by atoms with van der Waals surface area (Å²) in [5.41, 5.74) is 0.659. The molecule has 0 aromatic carbocycles. The van der Waals surface area contributed by atoms with Gasteiger partial charge in [0.15, 0.2) is 0 Å². The van der Waals surface area contributed by atoms with Gasteiger partial charge in [-0.1, -0.05) is 13.2 Å². The molecule has 56 valence electrons. The summed E-state index contributed by atoms with van der Waals surface area (Å²) in [5.74, 6) is 0.547. The topological polar surface area (TPSA) is 29.5 Å². The van der Waals surface area contributed by atoms with Gasteiger partial charge < -0.3 is 9.84 Å². The van der Waals surface area contributed by atoms with E-state index in [1.54, 1.807) is 13.0 Å². The molecule has 0 heterocycles. The van der Waals surface area contributed by atoms with Crippen LogP contribution in [0.4, 0.5) is 0 Å². The van der Waals surface area contributed by atoms with Crippen molar-refractivity contribution < 1.29 is 9.84 Å². The van der Waals surface area contributed by atoms with Gasteiger partial charge in [0.05, 0.1) is 7.11 Å². The third-order valence-corrected chi connectivity index (χ3v) is 1.09. The molecule has 0 fully saturated rings. The Morgan fingerprint density at radius 3 is 2.30 bits per heavy atom. The second-order valence-electron chi connectivity index (χ2n) is 1.94. The fourth-order valence-corrected chi connectivity index (χ4v) is 0.384. The van der Waals surface area contributed by atoms with Crippen LogP contribution in [0.5, 0.6) is 0 Å². The molecule has 1 N–H and O–H groups in total. The first-order chi connectivity index (χ1) is 4.57. The molecule has 2 nitrogen and oxygen atoms in total. The van der Waals surface area contributed by atoms with E-state index in [0.717, 1.165) is 0 Å². The highest BCUT2D eigenvalue weighted by Gasteiger charge is 1.92. The maximum Gasteiger partial charge on any atom is 0.112 e. The molecular formula is C8H12O2. The molecule has 0 saturated carbocycles. The van der Waals surface area contributed by atoms with Gasteiger partial charge in [0.25, 0.3) is 0 Å². The predicted octanol–water partition coefficient (Wildman–Crippen LogP) is 2.16. The van der Waals surface area contributed by atoms with Gasteiger partial charge in [-0.2, -0.15) is 0 Å². The molecule has 0 aromatic rings. The fraction of sp³-hybridized carbons (Fsp3) is 0.250. The molecule has 0 rings (SSSR count). The number of ether oxygens (including phenoxy) is 1. The summed E-state index contributed by atoms with van der Waals surface area (Å²) >= 11 is 0. The van der Waals surface area contributed by atoms with E-state index in [9.17, 15) is 0 Å². The van der Waals surface area contributed by atoms with Crippen molar-refractivity contribution in [1.29, 1.82) is 0 Å². The minimum absolute atomic E-state index is 0.0400. The van der Waals surface area contributed by atoms with E-state index in [1.807, 2.05) is 0 Å².